The molecule has 6 bridgehead atoms. The molecule has 0 saturated heterocycles. The van der Waals surface area contributed by atoms with Crippen molar-refractivity contribution < 1.29 is 47.4 Å². The fourth-order valence-corrected chi connectivity index (χ4v) is 3.97. The molecule has 0 amide bonds. The predicted octanol–water partition coefficient (Wildman–Crippen LogP) is 4.17. The van der Waals surface area contributed by atoms with Gasteiger partial charge in [-0.15, -0.1) is 0 Å². The van der Waals surface area contributed by atoms with Crippen molar-refractivity contribution in [1.29, 1.82) is 0 Å². The van der Waals surface area contributed by atoms with Crippen LogP contribution in [0.5, 0.6) is 23.0 Å². The number of ether oxygens (including phenoxy) is 10. The van der Waals surface area contributed by atoms with E-state index in [2.05, 4.69) is 0 Å². The Balaban J connectivity index is 1.16. The second kappa shape index (κ2) is 19.9. The molecule has 0 radical (unpaired) electrons. The van der Waals surface area contributed by atoms with E-state index in [9.17, 15) is 0 Å². The maximum absolute atomic E-state index is 5.84. The molecule has 6 aliphatic rings. The Morgan fingerprint density at radius 3 is 0.810 bits per heavy atom. The Hall–Kier alpha value is -3.12. The van der Waals surface area contributed by atoms with Crippen LogP contribution in [0.15, 0.2) is 60.7 Å². The number of hydrogen-bond acceptors (Lipinski definition) is 10. The molecule has 10 nitrogen and oxygen atoms in total. The van der Waals surface area contributed by atoms with E-state index < -0.39 is 0 Å². The maximum atomic E-state index is 5.84. The molecule has 42 heavy (non-hydrogen) atoms. The standard InChI is InChI=1S/C32H42O10/c1-3-31-26-28-2-4-32(25-27(1)28)42-24-20-38-16-12-34-10-14-36-18-22-40-30-7-5-29(6-8-30)39-21-17-35-13-9-33-11-15-37-19-23-41-31/h1-8,25-26H,9-24H2. The number of benzene rings is 3. The maximum Gasteiger partial charge on any atom is 0.120 e. The second-order valence-corrected chi connectivity index (χ2v) is 9.21. The first-order valence-corrected chi connectivity index (χ1v) is 14.5. The van der Waals surface area contributed by atoms with Crippen molar-refractivity contribution in [3.63, 3.8) is 0 Å². The summed E-state index contributed by atoms with van der Waals surface area (Å²) in [5.74, 6) is 3.12. The predicted molar refractivity (Wildman–Crippen MR) is 157 cm³/mol. The molecule has 0 spiro atoms. The third-order valence-corrected chi connectivity index (χ3v) is 6.08. The summed E-state index contributed by atoms with van der Waals surface area (Å²) in [5.41, 5.74) is 0. The Morgan fingerprint density at radius 2 is 0.500 bits per heavy atom. The highest BCUT2D eigenvalue weighted by molar-refractivity contribution is 5.85. The lowest BCUT2D eigenvalue weighted by molar-refractivity contribution is 0.00483. The first-order chi connectivity index (χ1) is 20.9. The number of rotatable bonds is 0. The van der Waals surface area contributed by atoms with Gasteiger partial charge in [-0.3, -0.25) is 0 Å². The molecule has 6 aliphatic heterocycles. The molecule has 0 atom stereocenters. The summed E-state index contributed by atoms with van der Waals surface area (Å²) >= 11 is 0. The zero-order chi connectivity index (χ0) is 28.9. The summed E-state index contributed by atoms with van der Waals surface area (Å²) in [4.78, 5) is 0. The van der Waals surface area contributed by atoms with Crippen LogP contribution in [0.1, 0.15) is 0 Å². The Morgan fingerprint density at radius 1 is 0.262 bits per heavy atom. The highest BCUT2D eigenvalue weighted by Gasteiger charge is 2.02. The van der Waals surface area contributed by atoms with Gasteiger partial charge in [0.2, 0.25) is 0 Å². The van der Waals surface area contributed by atoms with Crippen LogP contribution in [0.4, 0.5) is 0 Å². The van der Waals surface area contributed by atoms with Crippen LogP contribution in [0.25, 0.3) is 10.8 Å². The summed E-state index contributed by atoms with van der Waals surface area (Å²) < 4.78 is 56.5. The van der Waals surface area contributed by atoms with Crippen LogP contribution in [0, 0.1) is 0 Å². The topological polar surface area (TPSA) is 92.3 Å². The first-order valence-electron chi connectivity index (χ1n) is 14.5. The van der Waals surface area contributed by atoms with Crippen LogP contribution in [0.3, 0.4) is 0 Å². The molecule has 0 aliphatic carbocycles. The molecule has 0 N–H and O–H groups in total. The molecule has 230 valence electrons. The lowest BCUT2D eigenvalue weighted by Gasteiger charge is -2.11. The zero-order valence-corrected chi connectivity index (χ0v) is 24.2. The van der Waals surface area contributed by atoms with E-state index in [1.54, 1.807) is 0 Å². The molecule has 3 aromatic carbocycles. The van der Waals surface area contributed by atoms with Crippen LogP contribution >= 0.6 is 0 Å². The Bertz CT molecular complexity index is 1040. The average Bonchev–Trinajstić information content (AvgIpc) is 3.02. The quantitative estimate of drug-likeness (QED) is 0.382. The molecular formula is C32H42O10. The van der Waals surface area contributed by atoms with Gasteiger partial charge in [-0.05, 0) is 59.3 Å². The normalized spacial score (nSPS) is 18.6. The van der Waals surface area contributed by atoms with Gasteiger partial charge in [0, 0.05) is 0 Å². The molecule has 0 aromatic heterocycles. The fourth-order valence-electron chi connectivity index (χ4n) is 3.97. The third kappa shape index (κ3) is 12.8. The number of hydrogen-bond donors (Lipinski definition) is 0. The van der Waals surface area contributed by atoms with Gasteiger partial charge in [0.15, 0.2) is 0 Å². The largest absolute Gasteiger partial charge is 0.491 e. The second-order valence-electron chi connectivity index (χ2n) is 9.21. The van der Waals surface area contributed by atoms with Crippen molar-refractivity contribution in [2.75, 3.05) is 106 Å². The molecule has 0 unspecified atom stereocenters. The van der Waals surface area contributed by atoms with Gasteiger partial charge in [0.1, 0.15) is 49.4 Å². The highest BCUT2D eigenvalue weighted by Crippen LogP contribution is 2.25. The smallest absolute Gasteiger partial charge is 0.120 e. The lowest BCUT2D eigenvalue weighted by atomic mass is 10.1. The van der Waals surface area contributed by atoms with Crippen molar-refractivity contribution in [2.24, 2.45) is 0 Å². The lowest BCUT2D eigenvalue weighted by Crippen LogP contribution is -2.14. The first kappa shape index (κ1) is 31.8. The molecule has 9 rings (SSSR count). The molecule has 0 fully saturated rings. The van der Waals surface area contributed by atoms with Gasteiger partial charge >= 0.3 is 0 Å². The van der Waals surface area contributed by atoms with Crippen LogP contribution in [-0.2, 0) is 28.4 Å². The summed E-state index contributed by atoms with van der Waals surface area (Å²) in [7, 11) is 0. The summed E-state index contributed by atoms with van der Waals surface area (Å²) in [6, 6.07) is 19.5. The van der Waals surface area contributed by atoms with Crippen molar-refractivity contribution in [3.8, 4) is 23.0 Å². The molecule has 0 saturated carbocycles. The van der Waals surface area contributed by atoms with E-state index in [1.807, 2.05) is 60.7 Å². The molecule has 6 heterocycles. The molecule has 3 aromatic rings. The highest BCUT2D eigenvalue weighted by atomic mass is 16.6. The van der Waals surface area contributed by atoms with E-state index in [-0.39, 0.29) is 0 Å². The Labute approximate surface area is 247 Å². The van der Waals surface area contributed by atoms with E-state index in [4.69, 9.17) is 47.4 Å². The third-order valence-electron chi connectivity index (χ3n) is 6.08. The minimum atomic E-state index is 0.456. The summed E-state index contributed by atoms with van der Waals surface area (Å²) in [5, 5.41) is 2.16. The van der Waals surface area contributed by atoms with Crippen LogP contribution in [0.2, 0.25) is 0 Å². The average molecular weight is 587 g/mol. The van der Waals surface area contributed by atoms with Crippen LogP contribution in [-0.4, -0.2) is 106 Å². The summed E-state index contributed by atoms with van der Waals surface area (Å²) in [6.07, 6.45) is 0. The minimum absolute atomic E-state index is 0.456. The van der Waals surface area contributed by atoms with Crippen molar-refractivity contribution >= 4 is 10.8 Å². The SMILES string of the molecule is c1cc2ccc1OCCOCCOCCOCCOc1ccc3cc(ccc3c1)OCCOCCOCCOCCO2. The van der Waals surface area contributed by atoms with Gasteiger partial charge in [0.05, 0.1) is 79.3 Å². The summed E-state index contributed by atoms with van der Waals surface area (Å²) in [6.45, 7) is 7.76. The van der Waals surface area contributed by atoms with Crippen molar-refractivity contribution in [2.45, 2.75) is 0 Å². The van der Waals surface area contributed by atoms with E-state index in [0.29, 0.717) is 106 Å². The molecule has 10 heteroatoms. The van der Waals surface area contributed by atoms with Gasteiger partial charge in [0.25, 0.3) is 0 Å². The van der Waals surface area contributed by atoms with E-state index in [1.165, 1.54) is 0 Å². The van der Waals surface area contributed by atoms with Gasteiger partial charge in [-0.1, -0.05) is 12.1 Å². The van der Waals surface area contributed by atoms with Crippen LogP contribution < -0.4 is 18.9 Å². The zero-order valence-electron chi connectivity index (χ0n) is 24.2. The minimum Gasteiger partial charge on any atom is -0.491 e. The van der Waals surface area contributed by atoms with Crippen molar-refractivity contribution in [3.05, 3.63) is 60.7 Å². The monoisotopic (exact) mass is 586 g/mol. The fraction of sp³-hybridized carbons (Fsp3) is 0.500. The van der Waals surface area contributed by atoms with E-state index >= 15 is 0 Å². The van der Waals surface area contributed by atoms with Crippen molar-refractivity contribution in [1.82, 2.24) is 0 Å². The van der Waals surface area contributed by atoms with E-state index in [0.717, 1.165) is 33.8 Å². The van der Waals surface area contributed by atoms with Gasteiger partial charge in [-0.25, -0.2) is 0 Å². The van der Waals surface area contributed by atoms with Gasteiger partial charge < -0.3 is 47.4 Å². The Kier molecular flexibility index (Phi) is 15.1. The molecular weight excluding hydrogens is 544 g/mol. The van der Waals surface area contributed by atoms with Gasteiger partial charge in [-0.2, -0.15) is 0 Å².